The molecular formula is C16H11Cl3O4. The Balaban J connectivity index is 2.08. The summed E-state index contributed by atoms with van der Waals surface area (Å²) in [4.78, 5) is 24.0. The first-order valence-electron chi connectivity index (χ1n) is 6.42. The van der Waals surface area contributed by atoms with Crippen LogP contribution in [0.5, 0.6) is 5.75 Å². The largest absolute Gasteiger partial charge is 0.494 e. The van der Waals surface area contributed by atoms with Crippen LogP contribution in [0.1, 0.15) is 20.7 Å². The minimum Gasteiger partial charge on any atom is -0.494 e. The van der Waals surface area contributed by atoms with Crippen molar-refractivity contribution in [1.29, 1.82) is 0 Å². The number of esters is 1. The topological polar surface area (TPSA) is 52.6 Å². The van der Waals surface area contributed by atoms with Gasteiger partial charge >= 0.3 is 5.97 Å². The maximum Gasteiger partial charge on any atom is 0.338 e. The van der Waals surface area contributed by atoms with Gasteiger partial charge in [0.2, 0.25) is 5.78 Å². The van der Waals surface area contributed by atoms with Crippen LogP contribution in [0.25, 0.3) is 0 Å². The van der Waals surface area contributed by atoms with Crippen LogP contribution in [0, 0.1) is 0 Å². The predicted octanol–water partition coefficient (Wildman–Crippen LogP) is 4.70. The second-order valence-corrected chi connectivity index (χ2v) is 5.67. The molecule has 0 aromatic heterocycles. The summed E-state index contributed by atoms with van der Waals surface area (Å²) in [5.74, 6) is -0.872. The molecule has 2 rings (SSSR count). The fourth-order valence-corrected chi connectivity index (χ4v) is 2.73. The molecule has 2 aromatic carbocycles. The van der Waals surface area contributed by atoms with Gasteiger partial charge in [-0.1, -0.05) is 46.9 Å². The number of ether oxygens (including phenoxy) is 2. The van der Waals surface area contributed by atoms with Crippen LogP contribution in [0.15, 0.2) is 36.4 Å². The Hall–Kier alpha value is -1.75. The quantitative estimate of drug-likeness (QED) is 0.563. The SMILES string of the molecule is COc1c(Cl)cc(C(=O)OCC(=O)c2ccccc2Cl)cc1Cl. The average Bonchev–Trinajstić information content (AvgIpc) is 2.52. The molecular weight excluding hydrogens is 363 g/mol. The van der Waals surface area contributed by atoms with E-state index in [9.17, 15) is 9.59 Å². The number of Topliss-reactive ketones (excluding diaryl/α,β-unsaturated/α-hetero) is 1. The summed E-state index contributed by atoms with van der Waals surface area (Å²) in [7, 11) is 1.41. The van der Waals surface area contributed by atoms with Gasteiger partial charge in [0.15, 0.2) is 12.4 Å². The van der Waals surface area contributed by atoms with E-state index in [1.807, 2.05) is 0 Å². The Morgan fingerprint density at radius 3 is 2.17 bits per heavy atom. The number of ketones is 1. The zero-order valence-corrected chi connectivity index (χ0v) is 14.2. The van der Waals surface area contributed by atoms with E-state index in [2.05, 4.69) is 0 Å². The van der Waals surface area contributed by atoms with Crippen LogP contribution in [0.3, 0.4) is 0 Å². The van der Waals surface area contributed by atoms with Crippen molar-refractivity contribution >= 4 is 46.6 Å². The molecule has 0 aliphatic heterocycles. The van der Waals surface area contributed by atoms with E-state index in [1.54, 1.807) is 24.3 Å². The van der Waals surface area contributed by atoms with Gasteiger partial charge in [0.1, 0.15) is 0 Å². The van der Waals surface area contributed by atoms with E-state index in [4.69, 9.17) is 44.3 Å². The lowest BCUT2D eigenvalue weighted by molar-refractivity contribution is 0.0474. The fraction of sp³-hybridized carbons (Fsp3) is 0.125. The molecule has 0 saturated heterocycles. The van der Waals surface area contributed by atoms with Gasteiger partial charge in [0, 0.05) is 5.56 Å². The number of rotatable bonds is 5. The van der Waals surface area contributed by atoms with Crippen LogP contribution in [0.4, 0.5) is 0 Å². The van der Waals surface area contributed by atoms with Crippen molar-refractivity contribution in [3.05, 3.63) is 62.6 Å². The molecule has 4 nitrogen and oxygen atoms in total. The summed E-state index contributed by atoms with van der Waals surface area (Å²) in [6.07, 6.45) is 0. The van der Waals surface area contributed by atoms with Gasteiger partial charge in [-0.2, -0.15) is 0 Å². The van der Waals surface area contributed by atoms with Gasteiger partial charge in [0.25, 0.3) is 0 Å². The molecule has 0 atom stereocenters. The van der Waals surface area contributed by atoms with Gasteiger partial charge in [-0.3, -0.25) is 4.79 Å². The average molecular weight is 374 g/mol. The fourth-order valence-electron chi connectivity index (χ4n) is 1.85. The molecule has 0 spiro atoms. The van der Waals surface area contributed by atoms with Gasteiger partial charge in [-0.05, 0) is 24.3 Å². The smallest absolute Gasteiger partial charge is 0.338 e. The van der Waals surface area contributed by atoms with E-state index in [0.29, 0.717) is 5.02 Å². The summed E-state index contributed by atoms with van der Waals surface area (Å²) in [5.41, 5.74) is 0.403. The highest BCUT2D eigenvalue weighted by atomic mass is 35.5. The summed E-state index contributed by atoms with van der Waals surface area (Å²) in [5, 5.41) is 0.637. The number of carbonyl (C=O) groups excluding carboxylic acids is 2. The van der Waals surface area contributed by atoms with Gasteiger partial charge in [-0.25, -0.2) is 4.79 Å². The maximum absolute atomic E-state index is 12.0. The molecule has 0 radical (unpaired) electrons. The van der Waals surface area contributed by atoms with Crippen molar-refractivity contribution in [3.63, 3.8) is 0 Å². The molecule has 0 bridgehead atoms. The van der Waals surface area contributed by atoms with Crippen LogP contribution in [-0.4, -0.2) is 25.5 Å². The zero-order chi connectivity index (χ0) is 17.0. The zero-order valence-electron chi connectivity index (χ0n) is 11.9. The maximum atomic E-state index is 12.0. The van der Waals surface area contributed by atoms with Gasteiger partial charge in [0.05, 0.1) is 27.7 Å². The number of carbonyl (C=O) groups is 2. The Bertz CT molecular complexity index is 736. The first kappa shape index (κ1) is 17.6. The number of benzene rings is 2. The number of hydrogen-bond donors (Lipinski definition) is 0. The van der Waals surface area contributed by atoms with E-state index in [-0.39, 0.29) is 26.9 Å². The summed E-state index contributed by atoms with van der Waals surface area (Å²) < 4.78 is 9.97. The third-order valence-corrected chi connectivity index (χ3v) is 3.84. The molecule has 0 aliphatic carbocycles. The second kappa shape index (κ2) is 7.68. The minimum atomic E-state index is -0.725. The molecule has 0 heterocycles. The van der Waals surface area contributed by atoms with E-state index < -0.39 is 18.4 Å². The number of halogens is 3. The van der Waals surface area contributed by atoms with Crippen LogP contribution >= 0.6 is 34.8 Å². The lowest BCUT2D eigenvalue weighted by Crippen LogP contribution is -2.14. The van der Waals surface area contributed by atoms with E-state index >= 15 is 0 Å². The lowest BCUT2D eigenvalue weighted by Gasteiger charge is -2.09. The molecule has 0 aliphatic rings. The minimum absolute atomic E-state index is 0.118. The van der Waals surface area contributed by atoms with Crippen LogP contribution < -0.4 is 4.74 Å². The highest BCUT2D eigenvalue weighted by molar-refractivity contribution is 6.37. The summed E-state index contributed by atoms with van der Waals surface area (Å²) >= 11 is 17.8. The standard InChI is InChI=1S/C16H11Cl3O4/c1-22-15-12(18)6-9(7-13(15)19)16(21)23-8-14(20)10-4-2-3-5-11(10)17/h2-7H,8H2,1H3. The Kier molecular flexibility index (Phi) is 5.88. The normalized spacial score (nSPS) is 10.3. The monoisotopic (exact) mass is 372 g/mol. The molecule has 0 amide bonds. The molecule has 0 unspecified atom stereocenters. The number of methoxy groups -OCH3 is 1. The summed E-state index contributed by atoms with van der Waals surface area (Å²) in [6.45, 7) is -0.441. The Labute approximate surface area is 147 Å². The first-order valence-corrected chi connectivity index (χ1v) is 7.55. The Morgan fingerprint density at radius 1 is 1.00 bits per heavy atom. The van der Waals surface area contributed by atoms with E-state index in [0.717, 1.165) is 0 Å². The molecule has 0 saturated carbocycles. The highest BCUT2D eigenvalue weighted by Gasteiger charge is 2.17. The van der Waals surface area contributed by atoms with Crippen molar-refractivity contribution in [2.45, 2.75) is 0 Å². The van der Waals surface area contributed by atoms with Crippen molar-refractivity contribution in [1.82, 2.24) is 0 Å². The molecule has 7 heteroatoms. The molecule has 2 aromatic rings. The molecule has 0 fully saturated rings. The predicted molar refractivity (Wildman–Crippen MR) is 89.1 cm³/mol. The molecule has 0 N–H and O–H groups in total. The third kappa shape index (κ3) is 4.16. The Morgan fingerprint density at radius 2 is 1.61 bits per heavy atom. The molecule has 23 heavy (non-hydrogen) atoms. The highest BCUT2D eigenvalue weighted by Crippen LogP contribution is 2.34. The van der Waals surface area contributed by atoms with Crippen molar-refractivity contribution in [2.24, 2.45) is 0 Å². The first-order chi connectivity index (χ1) is 10.9. The van der Waals surface area contributed by atoms with Crippen LogP contribution in [0.2, 0.25) is 15.1 Å². The second-order valence-electron chi connectivity index (χ2n) is 4.45. The molecule has 120 valence electrons. The van der Waals surface area contributed by atoms with Gasteiger partial charge in [-0.15, -0.1) is 0 Å². The van der Waals surface area contributed by atoms with Crippen molar-refractivity contribution < 1.29 is 19.1 Å². The third-order valence-electron chi connectivity index (χ3n) is 2.95. The van der Waals surface area contributed by atoms with Crippen molar-refractivity contribution in [2.75, 3.05) is 13.7 Å². The van der Waals surface area contributed by atoms with Gasteiger partial charge < -0.3 is 9.47 Å². The number of hydrogen-bond acceptors (Lipinski definition) is 4. The van der Waals surface area contributed by atoms with E-state index in [1.165, 1.54) is 19.2 Å². The lowest BCUT2D eigenvalue weighted by atomic mass is 10.1. The summed E-state index contributed by atoms with van der Waals surface area (Å²) in [6, 6.07) is 9.22. The van der Waals surface area contributed by atoms with Crippen molar-refractivity contribution in [3.8, 4) is 5.75 Å². The van der Waals surface area contributed by atoms with Crippen LogP contribution in [-0.2, 0) is 4.74 Å².